The smallest absolute Gasteiger partial charge is 0.409 e. The number of hydrogen-bond donors (Lipinski definition) is 3. The lowest BCUT2D eigenvalue weighted by atomic mass is 9.70. The Balaban J connectivity index is 2.21. The minimum Gasteiger partial charge on any atom is -0.465 e. The lowest BCUT2D eigenvalue weighted by Crippen LogP contribution is -2.35. The zero-order valence-corrected chi connectivity index (χ0v) is 13.6. The van der Waals surface area contributed by atoms with Crippen molar-refractivity contribution in [3.05, 3.63) is 28.3 Å². The Labute approximate surface area is 135 Å². The average Bonchev–Trinajstić information content (AvgIpc) is 2.37. The standard InChI is InChI=1S/C16H23N3O4/c1-10-6-12(9-16(2,3)8-10)17-13-5-4-11(18-15(20)21)7-14(13)19(22)23/h4-5,7,10,12,17-18H,6,8-9H2,1-3H3,(H,20,21). The summed E-state index contributed by atoms with van der Waals surface area (Å²) in [6, 6.07) is 4.51. The third-order valence-electron chi connectivity index (χ3n) is 4.19. The summed E-state index contributed by atoms with van der Waals surface area (Å²) in [5.74, 6) is 0.559. The Morgan fingerprint density at radius 2 is 2.09 bits per heavy atom. The Kier molecular flexibility index (Phi) is 4.77. The van der Waals surface area contributed by atoms with Crippen LogP contribution in [0.2, 0.25) is 0 Å². The van der Waals surface area contributed by atoms with Gasteiger partial charge in [0.1, 0.15) is 5.69 Å². The molecule has 0 bridgehead atoms. The first kappa shape index (κ1) is 17.1. The van der Waals surface area contributed by atoms with E-state index in [9.17, 15) is 14.9 Å². The fourth-order valence-corrected chi connectivity index (χ4v) is 3.68. The normalized spacial score (nSPS) is 23.1. The molecule has 0 spiro atoms. The van der Waals surface area contributed by atoms with Crippen LogP contribution in [0.15, 0.2) is 18.2 Å². The van der Waals surface area contributed by atoms with Gasteiger partial charge in [-0.3, -0.25) is 15.4 Å². The zero-order valence-electron chi connectivity index (χ0n) is 13.6. The van der Waals surface area contributed by atoms with Gasteiger partial charge >= 0.3 is 6.09 Å². The van der Waals surface area contributed by atoms with Crippen molar-refractivity contribution in [1.82, 2.24) is 0 Å². The summed E-state index contributed by atoms with van der Waals surface area (Å²) in [6.45, 7) is 6.63. The number of nitrogens with zero attached hydrogens (tertiary/aromatic N) is 1. The van der Waals surface area contributed by atoms with Crippen LogP contribution in [-0.4, -0.2) is 22.2 Å². The molecular formula is C16H23N3O4. The molecule has 1 aromatic carbocycles. The van der Waals surface area contributed by atoms with E-state index in [1.807, 2.05) is 0 Å². The Bertz CT molecular complexity index is 615. The molecule has 23 heavy (non-hydrogen) atoms. The first-order valence-corrected chi connectivity index (χ1v) is 7.71. The van der Waals surface area contributed by atoms with Crippen molar-refractivity contribution in [2.45, 2.75) is 46.1 Å². The predicted molar refractivity (Wildman–Crippen MR) is 89.0 cm³/mol. The van der Waals surface area contributed by atoms with Crippen LogP contribution in [0.25, 0.3) is 0 Å². The van der Waals surface area contributed by atoms with E-state index in [1.54, 1.807) is 6.07 Å². The molecule has 0 heterocycles. The fraction of sp³-hybridized carbons (Fsp3) is 0.562. The van der Waals surface area contributed by atoms with Gasteiger partial charge in [0.25, 0.3) is 5.69 Å². The highest BCUT2D eigenvalue weighted by molar-refractivity contribution is 5.84. The SMILES string of the molecule is CC1CC(Nc2ccc(NC(=O)O)cc2[N+](=O)[O-])CC(C)(C)C1. The van der Waals surface area contributed by atoms with Crippen LogP contribution in [0.4, 0.5) is 21.9 Å². The summed E-state index contributed by atoms with van der Waals surface area (Å²) in [6.07, 6.45) is 1.82. The zero-order chi connectivity index (χ0) is 17.2. The summed E-state index contributed by atoms with van der Waals surface area (Å²) in [5, 5.41) is 25.4. The number of hydrogen-bond acceptors (Lipinski definition) is 4. The second-order valence-corrected chi connectivity index (χ2v) is 7.17. The minimum absolute atomic E-state index is 0.118. The summed E-state index contributed by atoms with van der Waals surface area (Å²) < 4.78 is 0. The van der Waals surface area contributed by atoms with E-state index < -0.39 is 11.0 Å². The van der Waals surface area contributed by atoms with E-state index in [1.165, 1.54) is 12.1 Å². The van der Waals surface area contributed by atoms with Gasteiger partial charge in [0.2, 0.25) is 0 Å². The van der Waals surface area contributed by atoms with Gasteiger partial charge < -0.3 is 10.4 Å². The summed E-state index contributed by atoms with van der Waals surface area (Å²) in [7, 11) is 0. The van der Waals surface area contributed by atoms with Gasteiger partial charge in [-0.1, -0.05) is 20.8 Å². The number of carboxylic acid groups (broad SMARTS) is 1. The Hall–Kier alpha value is -2.31. The van der Waals surface area contributed by atoms with Crippen LogP contribution in [0.1, 0.15) is 40.0 Å². The Morgan fingerprint density at radius 3 is 2.65 bits per heavy atom. The number of anilines is 2. The minimum atomic E-state index is -1.25. The van der Waals surface area contributed by atoms with E-state index in [0.717, 1.165) is 19.3 Å². The third kappa shape index (κ3) is 4.58. The molecule has 0 saturated heterocycles. The van der Waals surface area contributed by atoms with Crippen molar-refractivity contribution >= 4 is 23.2 Å². The van der Waals surface area contributed by atoms with Gasteiger partial charge in [-0.05, 0) is 42.7 Å². The quantitative estimate of drug-likeness (QED) is 0.566. The number of nitrogens with one attached hydrogen (secondary N) is 2. The van der Waals surface area contributed by atoms with Crippen molar-refractivity contribution in [2.75, 3.05) is 10.6 Å². The molecule has 1 amide bonds. The van der Waals surface area contributed by atoms with Crippen LogP contribution in [-0.2, 0) is 0 Å². The van der Waals surface area contributed by atoms with Crippen molar-refractivity contribution in [2.24, 2.45) is 11.3 Å². The molecule has 0 aromatic heterocycles. The molecule has 3 N–H and O–H groups in total. The maximum atomic E-state index is 11.3. The van der Waals surface area contributed by atoms with Crippen molar-refractivity contribution < 1.29 is 14.8 Å². The highest BCUT2D eigenvalue weighted by Gasteiger charge is 2.32. The number of amides is 1. The van der Waals surface area contributed by atoms with Crippen LogP contribution < -0.4 is 10.6 Å². The topological polar surface area (TPSA) is 104 Å². The number of nitro groups is 1. The number of nitro benzene ring substituents is 1. The summed E-state index contributed by atoms with van der Waals surface area (Å²) in [4.78, 5) is 21.5. The molecule has 0 aliphatic heterocycles. The van der Waals surface area contributed by atoms with Gasteiger partial charge in [-0.15, -0.1) is 0 Å². The molecule has 2 rings (SSSR count). The summed E-state index contributed by atoms with van der Waals surface area (Å²) in [5.41, 5.74) is 0.703. The van der Waals surface area contributed by atoms with Gasteiger partial charge in [-0.2, -0.15) is 0 Å². The highest BCUT2D eigenvalue weighted by atomic mass is 16.6. The number of rotatable bonds is 4. The lowest BCUT2D eigenvalue weighted by molar-refractivity contribution is -0.383. The second kappa shape index (κ2) is 6.44. The molecule has 126 valence electrons. The third-order valence-corrected chi connectivity index (χ3v) is 4.19. The largest absolute Gasteiger partial charge is 0.465 e. The van der Waals surface area contributed by atoms with Crippen LogP contribution >= 0.6 is 0 Å². The fourth-order valence-electron chi connectivity index (χ4n) is 3.68. The van der Waals surface area contributed by atoms with Crippen molar-refractivity contribution in [3.63, 3.8) is 0 Å². The van der Waals surface area contributed by atoms with Gasteiger partial charge in [-0.25, -0.2) is 4.79 Å². The molecule has 2 atom stereocenters. The van der Waals surface area contributed by atoms with Gasteiger partial charge in [0, 0.05) is 12.1 Å². The molecule has 1 aromatic rings. The maximum Gasteiger partial charge on any atom is 0.409 e. The molecule has 7 nitrogen and oxygen atoms in total. The molecule has 1 aliphatic carbocycles. The average molecular weight is 321 g/mol. The van der Waals surface area contributed by atoms with Crippen molar-refractivity contribution in [3.8, 4) is 0 Å². The van der Waals surface area contributed by atoms with Gasteiger partial charge in [0.05, 0.1) is 10.6 Å². The number of carbonyl (C=O) groups is 1. The molecule has 1 fully saturated rings. The van der Waals surface area contributed by atoms with E-state index in [-0.39, 0.29) is 22.8 Å². The second-order valence-electron chi connectivity index (χ2n) is 7.17. The molecule has 1 saturated carbocycles. The van der Waals surface area contributed by atoms with Crippen LogP contribution in [0.5, 0.6) is 0 Å². The lowest BCUT2D eigenvalue weighted by Gasteiger charge is -2.39. The van der Waals surface area contributed by atoms with Crippen molar-refractivity contribution in [1.29, 1.82) is 0 Å². The van der Waals surface area contributed by atoms with Crippen LogP contribution in [0.3, 0.4) is 0 Å². The molecule has 2 unspecified atom stereocenters. The highest BCUT2D eigenvalue weighted by Crippen LogP contribution is 2.40. The van der Waals surface area contributed by atoms with E-state index in [4.69, 9.17) is 5.11 Å². The first-order valence-electron chi connectivity index (χ1n) is 7.71. The van der Waals surface area contributed by atoms with Gasteiger partial charge in [0.15, 0.2) is 0 Å². The van der Waals surface area contributed by atoms with E-state index in [2.05, 4.69) is 31.4 Å². The van der Waals surface area contributed by atoms with Crippen LogP contribution in [0, 0.1) is 21.4 Å². The molecule has 0 radical (unpaired) electrons. The van der Waals surface area contributed by atoms with E-state index in [0.29, 0.717) is 11.6 Å². The summed E-state index contributed by atoms with van der Waals surface area (Å²) >= 11 is 0. The molecule has 1 aliphatic rings. The Morgan fingerprint density at radius 1 is 1.39 bits per heavy atom. The molecule has 7 heteroatoms. The monoisotopic (exact) mass is 321 g/mol. The molecular weight excluding hydrogens is 298 g/mol. The maximum absolute atomic E-state index is 11.3. The predicted octanol–water partition coefficient (Wildman–Crippen LogP) is 4.31. The van der Waals surface area contributed by atoms with E-state index >= 15 is 0 Å². The number of benzene rings is 1. The first-order chi connectivity index (χ1) is 10.7.